The highest BCUT2D eigenvalue weighted by molar-refractivity contribution is 6.00. The van der Waals surface area contributed by atoms with Crippen LogP contribution < -0.4 is 5.73 Å². The Hall–Kier alpha value is -2.50. The van der Waals surface area contributed by atoms with Crippen molar-refractivity contribution in [2.45, 2.75) is 57.2 Å². The maximum atomic E-state index is 12.7. The summed E-state index contributed by atoms with van der Waals surface area (Å²) in [5.41, 5.74) is 9.41. The van der Waals surface area contributed by atoms with Crippen molar-refractivity contribution in [3.05, 3.63) is 65.2 Å². The number of allylic oxidation sites excluding steroid dienone is 3. The molecular formula is C28H32N2O3. The third-order valence-electron chi connectivity index (χ3n) is 8.91. The average molecular weight is 445 g/mol. The zero-order valence-corrected chi connectivity index (χ0v) is 19.4. The van der Waals surface area contributed by atoms with Crippen molar-refractivity contribution in [2.24, 2.45) is 23.0 Å². The number of nitrogens with zero attached hydrogens (tertiary/aromatic N) is 1. The maximum absolute atomic E-state index is 12.7. The fourth-order valence-electron chi connectivity index (χ4n) is 7.12. The van der Waals surface area contributed by atoms with Crippen LogP contribution in [0.3, 0.4) is 0 Å². The molecule has 5 nitrogen and oxygen atoms in total. The summed E-state index contributed by atoms with van der Waals surface area (Å²) < 4.78 is 12.8. The van der Waals surface area contributed by atoms with Gasteiger partial charge in [0.25, 0.3) is 0 Å². The first kappa shape index (κ1) is 21.1. The van der Waals surface area contributed by atoms with Crippen molar-refractivity contribution in [3.63, 3.8) is 0 Å². The van der Waals surface area contributed by atoms with Crippen LogP contribution in [0, 0.1) is 17.3 Å². The number of ether oxygens (including phenoxy) is 2. The topological polar surface area (TPSA) is 74.4 Å². The van der Waals surface area contributed by atoms with E-state index in [1.165, 1.54) is 16.5 Å². The highest BCUT2D eigenvalue weighted by Crippen LogP contribution is 2.62. The Labute approximate surface area is 195 Å². The molecule has 2 N–H and O–H groups in total. The highest BCUT2D eigenvalue weighted by Gasteiger charge is 2.59. The number of nitrogens with two attached hydrogens (primary N) is 1. The molecule has 0 bridgehead atoms. The number of pyridine rings is 1. The molecule has 4 aliphatic rings. The van der Waals surface area contributed by atoms with Crippen molar-refractivity contribution < 1.29 is 14.3 Å². The molecule has 0 radical (unpaired) electrons. The number of carbonyl (C=O) groups excluding carboxylic acids is 1. The number of hydrogen-bond acceptors (Lipinski definition) is 5. The monoisotopic (exact) mass is 444 g/mol. The molecule has 33 heavy (non-hydrogen) atoms. The van der Waals surface area contributed by atoms with E-state index in [9.17, 15) is 4.79 Å². The SMILES string of the molecule is CO[C@@H]1C[C@H]2[C@@H]3OC4=C(C=C3CC[C@]2(C)[C@H]1c1ccc2cnccc2c1)C(=O)CC(CN)C4. The summed E-state index contributed by atoms with van der Waals surface area (Å²) in [6, 6.07) is 8.85. The second-order valence-corrected chi connectivity index (χ2v) is 10.6. The van der Waals surface area contributed by atoms with E-state index in [1.54, 1.807) is 0 Å². The van der Waals surface area contributed by atoms with Gasteiger partial charge >= 0.3 is 0 Å². The molecule has 1 aromatic carbocycles. The van der Waals surface area contributed by atoms with E-state index in [0.717, 1.165) is 42.4 Å². The van der Waals surface area contributed by atoms with E-state index in [0.29, 0.717) is 24.8 Å². The summed E-state index contributed by atoms with van der Waals surface area (Å²) in [6.45, 7) is 2.95. The van der Waals surface area contributed by atoms with Gasteiger partial charge in [0.15, 0.2) is 5.78 Å². The Morgan fingerprint density at radius 3 is 2.94 bits per heavy atom. The summed E-state index contributed by atoms with van der Waals surface area (Å²) in [6.07, 6.45) is 10.4. The first-order valence-corrected chi connectivity index (χ1v) is 12.2. The smallest absolute Gasteiger partial charge is 0.166 e. The van der Waals surface area contributed by atoms with Crippen LogP contribution in [0.1, 0.15) is 50.5 Å². The first-order chi connectivity index (χ1) is 16.0. The normalized spacial score (nSPS) is 35.5. The van der Waals surface area contributed by atoms with Gasteiger partial charge in [-0.2, -0.15) is 0 Å². The number of aromatic nitrogens is 1. The minimum absolute atomic E-state index is 0.0270. The minimum Gasteiger partial charge on any atom is -0.489 e. The van der Waals surface area contributed by atoms with Gasteiger partial charge in [-0.15, -0.1) is 0 Å². The number of Topliss-reactive ketones (excluding diaryl/α,β-unsaturated/α-hetero) is 1. The molecule has 1 aromatic heterocycles. The van der Waals surface area contributed by atoms with Gasteiger partial charge in [0.2, 0.25) is 0 Å². The molecule has 1 unspecified atom stereocenters. The number of methoxy groups -OCH3 is 1. The molecule has 6 atom stereocenters. The first-order valence-electron chi connectivity index (χ1n) is 12.2. The van der Waals surface area contributed by atoms with E-state index in [2.05, 4.69) is 42.2 Å². The lowest BCUT2D eigenvalue weighted by molar-refractivity contribution is -0.117. The predicted molar refractivity (Wildman–Crippen MR) is 127 cm³/mol. The van der Waals surface area contributed by atoms with Gasteiger partial charge in [0.1, 0.15) is 11.9 Å². The van der Waals surface area contributed by atoms with E-state index in [4.69, 9.17) is 15.2 Å². The number of benzene rings is 1. The predicted octanol–water partition coefficient (Wildman–Crippen LogP) is 4.67. The summed E-state index contributed by atoms with van der Waals surface area (Å²) in [4.78, 5) is 17.0. The molecule has 2 heterocycles. The molecule has 6 rings (SSSR count). The largest absolute Gasteiger partial charge is 0.489 e. The van der Waals surface area contributed by atoms with Gasteiger partial charge in [-0.25, -0.2) is 0 Å². The molecular weight excluding hydrogens is 412 g/mol. The molecule has 0 spiro atoms. The molecule has 2 fully saturated rings. The summed E-state index contributed by atoms with van der Waals surface area (Å²) in [5.74, 6) is 1.90. The van der Waals surface area contributed by atoms with Gasteiger partial charge in [-0.05, 0) is 65.8 Å². The Kier molecular flexibility index (Phi) is 4.96. The van der Waals surface area contributed by atoms with Crippen LogP contribution >= 0.6 is 0 Å². The Balaban J connectivity index is 1.36. The summed E-state index contributed by atoms with van der Waals surface area (Å²) >= 11 is 0. The fraction of sp³-hybridized carbons (Fsp3) is 0.500. The molecule has 0 amide bonds. The molecule has 2 aromatic rings. The number of hydrogen-bond donors (Lipinski definition) is 1. The van der Waals surface area contributed by atoms with Crippen LogP contribution in [-0.4, -0.2) is 36.6 Å². The van der Waals surface area contributed by atoms with Gasteiger partial charge in [-0.3, -0.25) is 9.78 Å². The third-order valence-corrected chi connectivity index (χ3v) is 8.91. The van der Waals surface area contributed by atoms with Crippen molar-refractivity contribution in [3.8, 4) is 0 Å². The maximum Gasteiger partial charge on any atom is 0.166 e. The lowest BCUT2D eigenvalue weighted by atomic mass is 9.61. The fourth-order valence-corrected chi connectivity index (χ4v) is 7.12. The van der Waals surface area contributed by atoms with Crippen molar-refractivity contribution in [2.75, 3.05) is 13.7 Å². The molecule has 0 saturated heterocycles. The average Bonchev–Trinajstić information content (AvgIpc) is 3.15. The Bertz CT molecular complexity index is 1180. The van der Waals surface area contributed by atoms with Crippen LogP contribution in [0.4, 0.5) is 0 Å². The van der Waals surface area contributed by atoms with Crippen molar-refractivity contribution in [1.82, 2.24) is 4.98 Å². The van der Waals surface area contributed by atoms with Gasteiger partial charge in [0, 0.05) is 49.6 Å². The van der Waals surface area contributed by atoms with Gasteiger partial charge < -0.3 is 15.2 Å². The Morgan fingerprint density at radius 2 is 2.12 bits per heavy atom. The molecule has 5 heteroatoms. The van der Waals surface area contributed by atoms with Crippen LogP contribution in [-0.2, 0) is 14.3 Å². The van der Waals surface area contributed by atoms with E-state index in [1.807, 2.05) is 19.5 Å². The number of ketones is 1. The van der Waals surface area contributed by atoms with Crippen LogP contribution in [0.15, 0.2) is 59.6 Å². The standard InChI is InChI=1S/C28H32N2O3/c1-28-7-5-19-12-21-23(31)9-16(14-29)10-24(21)33-27(19)22(28)13-25(32-2)26(28)18-3-4-20-15-30-8-6-17(20)11-18/h3-4,6,8,11-12,15-16,22,25-27H,5,7,9-10,13-14,29H2,1-2H3/t16?,22-,25+,26-,27+,28-/m0/s1. The highest BCUT2D eigenvalue weighted by atomic mass is 16.5. The number of carbonyl (C=O) groups is 1. The van der Waals surface area contributed by atoms with Crippen LogP contribution in [0.25, 0.3) is 10.8 Å². The summed E-state index contributed by atoms with van der Waals surface area (Å²) in [7, 11) is 1.84. The van der Waals surface area contributed by atoms with E-state index >= 15 is 0 Å². The second-order valence-electron chi connectivity index (χ2n) is 10.6. The lowest BCUT2D eigenvalue weighted by Crippen LogP contribution is -2.44. The second kappa shape index (κ2) is 7.78. The van der Waals surface area contributed by atoms with Crippen LogP contribution in [0.2, 0.25) is 0 Å². The lowest BCUT2D eigenvalue weighted by Gasteiger charge is -2.48. The molecule has 1 aliphatic heterocycles. The Morgan fingerprint density at radius 1 is 1.24 bits per heavy atom. The van der Waals surface area contributed by atoms with E-state index < -0.39 is 0 Å². The molecule has 172 valence electrons. The minimum atomic E-state index is 0.0270. The molecule has 2 saturated carbocycles. The van der Waals surface area contributed by atoms with Crippen LogP contribution in [0.5, 0.6) is 0 Å². The quantitative estimate of drug-likeness (QED) is 0.745. The number of rotatable bonds is 3. The zero-order chi connectivity index (χ0) is 22.7. The van der Waals surface area contributed by atoms with Crippen molar-refractivity contribution in [1.29, 1.82) is 0 Å². The number of fused-ring (bicyclic) bond motifs is 4. The third kappa shape index (κ3) is 3.20. The van der Waals surface area contributed by atoms with E-state index in [-0.39, 0.29) is 29.3 Å². The zero-order valence-electron chi connectivity index (χ0n) is 19.4. The van der Waals surface area contributed by atoms with Gasteiger partial charge in [-0.1, -0.05) is 25.1 Å². The molecule has 3 aliphatic carbocycles. The van der Waals surface area contributed by atoms with Gasteiger partial charge in [0.05, 0.1) is 11.7 Å². The van der Waals surface area contributed by atoms with Crippen molar-refractivity contribution >= 4 is 16.6 Å². The summed E-state index contributed by atoms with van der Waals surface area (Å²) in [5, 5.41) is 2.38.